The van der Waals surface area contributed by atoms with Crippen LogP contribution in [0.5, 0.6) is 0 Å². The van der Waals surface area contributed by atoms with Gasteiger partial charge in [-0.25, -0.2) is 4.98 Å². The van der Waals surface area contributed by atoms with E-state index in [1.807, 2.05) is 24.3 Å². The van der Waals surface area contributed by atoms with E-state index in [0.717, 1.165) is 10.9 Å². The predicted molar refractivity (Wildman–Crippen MR) is 65.9 cm³/mol. The van der Waals surface area contributed by atoms with Crippen molar-refractivity contribution in [2.75, 3.05) is 0 Å². The number of benzene rings is 1. The summed E-state index contributed by atoms with van der Waals surface area (Å²) in [4.78, 5) is 16.2. The highest BCUT2D eigenvalue weighted by atomic mass is 35.5. The molecule has 1 N–H and O–H groups in total. The van der Waals surface area contributed by atoms with Crippen LogP contribution in [0.1, 0.15) is 16.1 Å². The number of fused-ring (bicyclic) bond motifs is 2. The fourth-order valence-corrected chi connectivity index (χ4v) is 2.12. The molecular weight excluding hydrogens is 238 g/mol. The second-order valence-electron chi connectivity index (χ2n) is 3.91. The third-order valence-electron chi connectivity index (χ3n) is 2.80. The number of aromatic nitrogens is 1. The molecule has 84 valence electrons. The lowest BCUT2D eigenvalue weighted by atomic mass is 9.96. The number of halogens is 1. The Kier molecular flexibility index (Phi) is 2.24. The molecule has 0 bridgehead atoms. The second kappa shape index (κ2) is 3.65. The molecule has 3 nitrogen and oxygen atoms in total. The molecule has 3 rings (SSSR count). The van der Waals surface area contributed by atoms with Crippen LogP contribution in [0.4, 0.5) is 0 Å². The van der Waals surface area contributed by atoms with Gasteiger partial charge in [-0.05, 0) is 18.2 Å². The Morgan fingerprint density at radius 3 is 2.88 bits per heavy atom. The molecule has 4 heteroatoms. The molecule has 0 fully saturated rings. The normalized spacial score (nSPS) is 19.1. The van der Waals surface area contributed by atoms with Gasteiger partial charge in [0, 0.05) is 10.9 Å². The number of nitrogens with zero attached hydrogens (tertiary/aromatic N) is 1. The maximum atomic E-state index is 11.9. The lowest BCUT2D eigenvalue weighted by molar-refractivity contribution is 0.0812. The van der Waals surface area contributed by atoms with E-state index in [1.165, 1.54) is 6.08 Å². The largest absolute Gasteiger partial charge is 0.379 e. The Bertz CT molecular complexity index is 664. The summed E-state index contributed by atoms with van der Waals surface area (Å²) in [6.07, 6.45) is 0.280. The molecule has 0 saturated heterocycles. The van der Waals surface area contributed by atoms with Gasteiger partial charge in [-0.1, -0.05) is 29.8 Å². The first kappa shape index (κ1) is 10.4. The molecule has 2 aromatic rings. The molecule has 0 saturated carbocycles. The monoisotopic (exact) mass is 245 g/mol. The van der Waals surface area contributed by atoms with E-state index in [-0.39, 0.29) is 5.03 Å². The number of aliphatic hydroxyl groups is 1. The lowest BCUT2D eigenvalue weighted by Gasteiger charge is -2.16. The van der Waals surface area contributed by atoms with Crippen LogP contribution in [0.2, 0.25) is 0 Å². The van der Waals surface area contributed by atoms with Crippen LogP contribution in [-0.4, -0.2) is 22.0 Å². The Hall–Kier alpha value is -1.71. The van der Waals surface area contributed by atoms with Gasteiger partial charge in [0.15, 0.2) is 11.9 Å². The van der Waals surface area contributed by atoms with Gasteiger partial charge in [-0.15, -0.1) is 0 Å². The number of carbonyl (C=O) groups is 1. The van der Waals surface area contributed by atoms with Crippen molar-refractivity contribution >= 4 is 34.4 Å². The maximum absolute atomic E-state index is 11.9. The number of aliphatic hydroxyl groups excluding tert-OH is 1. The molecule has 1 unspecified atom stereocenters. The molecular formula is C13H8ClNO2. The third kappa shape index (κ3) is 1.55. The minimum atomic E-state index is -1.26. The Morgan fingerprint density at radius 2 is 2.06 bits per heavy atom. The van der Waals surface area contributed by atoms with Crippen molar-refractivity contribution in [3.05, 3.63) is 46.6 Å². The molecule has 1 atom stereocenters. The summed E-state index contributed by atoms with van der Waals surface area (Å²) in [5.74, 6) is -0.397. The zero-order valence-corrected chi connectivity index (χ0v) is 9.48. The number of pyridine rings is 1. The van der Waals surface area contributed by atoms with Crippen LogP contribution >= 0.6 is 11.6 Å². The van der Waals surface area contributed by atoms with E-state index >= 15 is 0 Å². The van der Waals surface area contributed by atoms with Crippen molar-refractivity contribution in [2.45, 2.75) is 6.10 Å². The molecule has 1 aliphatic rings. The maximum Gasteiger partial charge on any atom is 0.198 e. The SMILES string of the molecule is O=C1c2cc3ccccc3nc2C=C(Cl)C1O. The summed E-state index contributed by atoms with van der Waals surface area (Å²) >= 11 is 5.79. The smallest absolute Gasteiger partial charge is 0.198 e. The van der Waals surface area contributed by atoms with E-state index in [9.17, 15) is 9.90 Å². The van der Waals surface area contributed by atoms with Gasteiger partial charge in [0.2, 0.25) is 0 Å². The minimum Gasteiger partial charge on any atom is -0.379 e. The van der Waals surface area contributed by atoms with E-state index in [0.29, 0.717) is 11.3 Å². The number of para-hydroxylation sites is 1. The van der Waals surface area contributed by atoms with Crippen LogP contribution in [0.15, 0.2) is 35.4 Å². The first-order valence-electron chi connectivity index (χ1n) is 5.16. The molecule has 1 aromatic heterocycles. The summed E-state index contributed by atoms with van der Waals surface area (Å²) in [6, 6.07) is 9.24. The molecule has 1 aliphatic carbocycles. The number of carbonyl (C=O) groups excluding carboxylic acids is 1. The van der Waals surface area contributed by atoms with Crippen LogP contribution in [0, 0.1) is 0 Å². The fraction of sp³-hybridized carbons (Fsp3) is 0.0769. The summed E-state index contributed by atoms with van der Waals surface area (Å²) < 4.78 is 0. The second-order valence-corrected chi connectivity index (χ2v) is 4.35. The summed E-state index contributed by atoms with van der Waals surface area (Å²) in [5, 5.41) is 10.6. The van der Waals surface area contributed by atoms with Gasteiger partial charge in [0.1, 0.15) is 0 Å². The standard InChI is InChI=1S/C13H8ClNO2/c14-9-6-11-8(12(16)13(9)17)5-7-3-1-2-4-10(7)15-11/h1-6,13,17H. The number of hydrogen-bond acceptors (Lipinski definition) is 3. The van der Waals surface area contributed by atoms with Gasteiger partial charge < -0.3 is 5.11 Å². The summed E-state index contributed by atoms with van der Waals surface area (Å²) in [5.41, 5.74) is 1.74. The number of rotatable bonds is 0. The van der Waals surface area contributed by atoms with Gasteiger partial charge >= 0.3 is 0 Å². The van der Waals surface area contributed by atoms with E-state index in [4.69, 9.17) is 11.6 Å². The van der Waals surface area contributed by atoms with Crippen molar-refractivity contribution in [3.8, 4) is 0 Å². The predicted octanol–water partition coefficient (Wildman–Crippen LogP) is 2.37. The highest BCUT2D eigenvalue weighted by Crippen LogP contribution is 2.27. The third-order valence-corrected chi connectivity index (χ3v) is 3.12. The number of Topliss-reactive ketones (excluding diaryl/α,β-unsaturated/α-hetero) is 1. The fourth-order valence-electron chi connectivity index (χ4n) is 1.92. The van der Waals surface area contributed by atoms with Crippen LogP contribution in [0.3, 0.4) is 0 Å². The number of ketones is 1. The van der Waals surface area contributed by atoms with E-state index < -0.39 is 11.9 Å². The van der Waals surface area contributed by atoms with E-state index in [1.54, 1.807) is 6.07 Å². The average molecular weight is 246 g/mol. The van der Waals surface area contributed by atoms with Crippen LogP contribution < -0.4 is 0 Å². The topological polar surface area (TPSA) is 50.2 Å². The van der Waals surface area contributed by atoms with Crippen molar-refractivity contribution in [2.24, 2.45) is 0 Å². The highest BCUT2D eigenvalue weighted by molar-refractivity contribution is 6.35. The molecule has 1 aromatic carbocycles. The first-order valence-corrected chi connectivity index (χ1v) is 5.54. The molecule has 0 radical (unpaired) electrons. The van der Waals surface area contributed by atoms with Gasteiger partial charge in [-0.2, -0.15) is 0 Å². The Labute approximate surface area is 102 Å². The van der Waals surface area contributed by atoms with Crippen molar-refractivity contribution in [1.29, 1.82) is 0 Å². The lowest BCUT2D eigenvalue weighted by Crippen LogP contribution is -2.25. The van der Waals surface area contributed by atoms with Crippen molar-refractivity contribution in [3.63, 3.8) is 0 Å². The minimum absolute atomic E-state index is 0.116. The number of hydrogen-bond donors (Lipinski definition) is 1. The molecule has 1 heterocycles. The molecule has 0 amide bonds. The van der Waals surface area contributed by atoms with Crippen LogP contribution in [0.25, 0.3) is 17.0 Å². The van der Waals surface area contributed by atoms with Crippen LogP contribution in [-0.2, 0) is 0 Å². The quantitative estimate of drug-likeness (QED) is 0.775. The van der Waals surface area contributed by atoms with Crippen molar-refractivity contribution < 1.29 is 9.90 Å². The summed E-state index contributed by atoms with van der Waals surface area (Å²) in [6.45, 7) is 0. The Balaban J connectivity index is 2.34. The van der Waals surface area contributed by atoms with Crippen molar-refractivity contribution in [1.82, 2.24) is 4.98 Å². The highest BCUT2D eigenvalue weighted by Gasteiger charge is 2.28. The zero-order valence-electron chi connectivity index (χ0n) is 8.72. The van der Waals surface area contributed by atoms with Gasteiger partial charge in [-0.3, -0.25) is 4.79 Å². The average Bonchev–Trinajstić information content (AvgIpc) is 2.34. The molecule has 0 spiro atoms. The molecule has 0 aliphatic heterocycles. The zero-order chi connectivity index (χ0) is 12.0. The first-order chi connectivity index (χ1) is 8.16. The van der Waals surface area contributed by atoms with Gasteiger partial charge in [0.25, 0.3) is 0 Å². The summed E-state index contributed by atoms with van der Waals surface area (Å²) in [7, 11) is 0. The Morgan fingerprint density at radius 1 is 1.29 bits per heavy atom. The van der Waals surface area contributed by atoms with Gasteiger partial charge in [0.05, 0.1) is 16.2 Å². The molecule has 17 heavy (non-hydrogen) atoms. The van der Waals surface area contributed by atoms with E-state index in [2.05, 4.69) is 4.98 Å².